The summed E-state index contributed by atoms with van der Waals surface area (Å²) in [5.41, 5.74) is 4.47. The molecule has 0 aliphatic heterocycles. The van der Waals surface area contributed by atoms with Crippen LogP contribution >= 0.6 is 0 Å². The molecule has 0 heterocycles. The van der Waals surface area contributed by atoms with E-state index in [0.29, 0.717) is 6.42 Å². The highest BCUT2D eigenvalue weighted by Gasteiger charge is 2.40. The van der Waals surface area contributed by atoms with Gasteiger partial charge in [0, 0.05) is 17.4 Å². The van der Waals surface area contributed by atoms with E-state index < -0.39 is 0 Å². The Hall–Kier alpha value is -1.89. The molecule has 96 valence electrons. The molecule has 1 nitrogen and oxygen atoms in total. The van der Waals surface area contributed by atoms with Gasteiger partial charge in [-0.3, -0.25) is 4.79 Å². The zero-order valence-electron chi connectivity index (χ0n) is 11.4. The van der Waals surface area contributed by atoms with Gasteiger partial charge in [0.25, 0.3) is 0 Å². The van der Waals surface area contributed by atoms with Gasteiger partial charge in [-0.25, -0.2) is 0 Å². The summed E-state index contributed by atoms with van der Waals surface area (Å²) in [6.07, 6.45) is 1.63. The lowest BCUT2D eigenvalue weighted by atomic mass is 9.77. The second kappa shape index (κ2) is 4.34. The van der Waals surface area contributed by atoms with E-state index in [-0.39, 0.29) is 11.2 Å². The Labute approximate surface area is 114 Å². The summed E-state index contributed by atoms with van der Waals surface area (Å²) < 4.78 is 0. The predicted octanol–water partition coefficient (Wildman–Crippen LogP) is 4.14. The first-order chi connectivity index (χ1) is 9.15. The second-order valence-electron chi connectivity index (χ2n) is 5.53. The molecule has 0 fully saturated rings. The number of rotatable bonds is 2. The van der Waals surface area contributed by atoms with Crippen molar-refractivity contribution in [2.24, 2.45) is 0 Å². The van der Waals surface area contributed by atoms with Gasteiger partial charge < -0.3 is 0 Å². The molecule has 2 aromatic rings. The highest BCUT2D eigenvalue weighted by Crippen LogP contribution is 2.43. The van der Waals surface area contributed by atoms with E-state index in [9.17, 15) is 4.79 Å². The van der Waals surface area contributed by atoms with Crippen LogP contribution in [0.2, 0.25) is 0 Å². The summed E-state index contributed by atoms with van der Waals surface area (Å²) in [6, 6.07) is 16.7. The molecule has 0 N–H and O–H groups in total. The molecule has 1 heteroatoms. The number of carbonyl (C=O) groups excluding carboxylic acids is 1. The molecule has 1 unspecified atom stereocenters. The number of aryl methyl sites for hydroxylation is 1. The van der Waals surface area contributed by atoms with Gasteiger partial charge in [0.1, 0.15) is 0 Å². The molecule has 0 saturated carbocycles. The van der Waals surface area contributed by atoms with Crippen molar-refractivity contribution in [3.8, 4) is 0 Å². The molecule has 1 aliphatic carbocycles. The molecule has 0 spiro atoms. The van der Waals surface area contributed by atoms with Crippen LogP contribution in [0, 0.1) is 0 Å². The van der Waals surface area contributed by atoms with Crippen molar-refractivity contribution in [1.29, 1.82) is 0 Å². The molecule has 1 atom stereocenters. The third-order valence-electron chi connectivity index (χ3n) is 4.34. The molecule has 2 aromatic carbocycles. The Morgan fingerprint density at radius 2 is 1.74 bits per heavy atom. The van der Waals surface area contributed by atoms with Crippen molar-refractivity contribution in [2.45, 2.75) is 32.1 Å². The van der Waals surface area contributed by atoms with Crippen molar-refractivity contribution in [2.75, 3.05) is 0 Å². The topological polar surface area (TPSA) is 17.1 Å². The lowest BCUT2D eigenvalue weighted by Gasteiger charge is -2.25. The molecular weight excluding hydrogens is 232 g/mol. The molecule has 0 radical (unpaired) electrons. The molecule has 1 aliphatic rings. The van der Waals surface area contributed by atoms with E-state index >= 15 is 0 Å². The van der Waals surface area contributed by atoms with Crippen molar-refractivity contribution in [3.63, 3.8) is 0 Å². The number of hydrogen-bond donors (Lipinski definition) is 0. The second-order valence-corrected chi connectivity index (χ2v) is 5.53. The van der Waals surface area contributed by atoms with Gasteiger partial charge in [-0.15, -0.1) is 0 Å². The average Bonchev–Trinajstić information content (AvgIpc) is 2.72. The summed E-state index contributed by atoms with van der Waals surface area (Å²) in [5.74, 6) is 0.262. The van der Waals surface area contributed by atoms with Gasteiger partial charge >= 0.3 is 0 Å². The highest BCUT2D eigenvalue weighted by molar-refractivity contribution is 6.02. The smallest absolute Gasteiger partial charge is 0.164 e. The molecule has 0 amide bonds. The van der Waals surface area contributed by atoms with Crippen LogP contribution < -0.4 is 0 Å². The summed E-state index contributed by atoms with van der Waals surface area (Å²) in [4.78, 5) is 12.2. The molecule has 0 bridgehead atoms. The summed E-state index contributed by atoms with van der Waals surface area (Å²) in [7, 11) is 0. The average molecular weight is 250 g/mol. The number of benzene rings is 2. The van der Waals surface area contributed by atoms with Gasteiger partial charge in [0.05, 0.1) is 0 Å². The first-order valence-electron chi connectivity index (χ1n) is 6.87. The molecule has 19 heavy (non-hydrogen) atoms. The van der Waals surface area contributed by atoms with E-state index in [1.54, 1.807) is 0 Å². The van der Waals surface area contributed by atoms with Crippen molar-refractivity contribution in [1.82, 2.24) is 0 Å². The summed E-state index contributed by atoms with van der Waals surface area (Å²) >= 11 is 0. The SMILES string of the molecule is CCc1ccc(C2(C)CC(=O)c3ccccc32)cc1. The van der Waals surface area contributed by atoms with Crippen molar-refractivity contribution < 1.29 is 4.79 Å². The monoisotopic (exact) mass is 250 g/mol. The van der Waals surface area contributed by atoms with Crippen LogP contribution in [-0.4, -0.2) is 5.78 Å². The van der Waals surface area contributed by atoms with E-state index in [1.165, 1.54) is 16.7 Å². The Morgan fingerprint density at radius 1 is 1.05 bits per heavy atom. The van der Waals surface area contributed by atoms with Crippen LogP contribution in [0.4, 0.5) is 0 Å². The van der Waals surface area contributed by atoms with E-state index in [4.69, 9.17) is 0 Å². The van der Waals surface area contributed by atoms with Crippen LogP contribution in [0.3, 0.4) is 0 Å². The maximum absolute atomic E-state index is 12.2. The number of Topliss-reactive ketones (excluding diaryl/α,β-unsaturated/α-hetero) is 1. The van der Waals surface area contributed by atoms with E-state index in [0.717, 1.165) is 12.0 Å². The summed E-state index contributed by atoms with van der Waals surface area (Å²) in [6.45, 7) is 4.34. The number of hydrogen-bond acceptors (Lipinski definition) is 1. The Morgan fingerprint density at radius 3 is 2.42 bits per heavy atom. The minimum atomic E-state index is -0.167. The Balaban J connectivity index is 2.11. The largest absolute Gasteiger partial charge is 0.294 e. The van der Waals surface area contributed by atoms with E-state index in [2.05, 4.69) is 44.2 Å². The standard InChI is InChI=1S/C18H18O/c1-3-13-8-10-14(11-9-13)18(2)12-17(19)15-6-4-5-7-16(15)18/h4-11H,3,12H2,1-2H3. The van der Waals surface area contributed by atoms with Crippen LogP contribution in [0.5, 0.6) is 0 Å². The maximum Gasteiger partial charge on any atom is 0.164 e. The normalized spacial score (nSPS) is 21.5. The van der Waals surface area contributed by atoms with Gasteiger partial charge in [0.2, 0.25) is 0 Å². The third-order valence-corrected chi connectivity index (χ3v) is 4.34. The zero-order valence-corrected chi connectivity index (χ0v) is 11.4. The van der Waals surface area contributed by atoms with Crippen LogP contribution in [-0.2, 0) is 11.8 Å². The first kappa shape index (κ1) is 12.2. The van der Waals surface area contributed by atoms with Gasteiger partial charge in [-0.1, -0.05) is 62.4 Å². The van der Waals surface area contributed by atoms with Crippen molar-refractivity contribution >= 4 is 5.78 Å². The molecular formula is C18H18O. The third kappa shape index (κ3) is 1.81. The quantitative estimate of drug-likeness (QED) is 0.782. The Bertz CT molecular complexity index is 624. The lowest BCUT2D eigenvalue weighted by molar-refractivity contribution is 0.0982. The van der Waals surface area contributed by atoms with Gasteiger partial charge in [-0.2, -0.15) is 0 Å². The minimum Gasteiger partial charge on any atom is -0.294 e. The molecule has 0 aromatic heterocycles. The van der Waals surface area contributed by atoms with Crippen LogP contribution in [0.25, 0.3) is 0 Å². The number of ketones is 1. The highest BCUT2D eigenvalue weighted by atomic mass is 16.1. The van der Waals surface area contributed by atoms with Gasteiger partial charge in [0.15, 0.2) is 5.78 Å². The summed E-state index contributed by atoms with van der Waals surface area (Å²) in [5, 5.41) is 0. The minimum absolute atomic E-state index is 0.167. The maximum atomic E-state index is 12.2. The lowest BCUT2D eigenvalue weighted by Crippen LogP contribution is -2.20. The fraction of sp³-hybridized carbons (Fsp3) is 0.278. The van der Waals surface area contributed by atoms with Crippen molar-refractivity contribution in [3.05, 3.63) is 70.8 Å². The predicted molar refractivity (Wildman–Crippen MR) is 77.7 cm³/mol. The molecule has 0 saturated heterocycles. The zero-order chi connectivity index (χ0) is 13.5. The fourth-order valence-corrected chi connectivity index (χ4v) is 3.08. The fourth-order valence-electron chi connectivity index (χ4n) is 3.08. The number of fused-ring (bicyclic) bond motifs is 1. The van der Waals surface area contributed by atoms with Crippen LogP contribution in [0.1, 0.15) is 47.3 Å². The van der Waals surface area contributed by atoms with E-state index in [1.807, 2.05) is 18.2 Å². The Kier molecular flexibility index (Phi) is 2.78. The van der Waals surface area contributed by atoms with Crippen LogP contribution in [0.15, 0.2) is 48.5 Å². The first-order valence-corrected chi connectivity index (χ1v) is 6.87. The van der Waals surface area contributed by atoms with Gasteiger partial charge in [-0.05, 0) is 23.1 Å². The molecule has 3 rings (SSSR count). The number of carbonyl (C=O) groups is 1.